The number of fused-ring (bicyclic) bond motifs is 1. The SMILES string of the molecule is O=c1cc(NC2CCCNC2)c2ccccc2[nH]1. The molecule has 94 valence electrons. The van der Waals surface area contributed by atoms with Crippen molar-refractivity contribution in [2.24, 2.45) is 0 Å². The molecule has 1 aliphatic heterocycles. The van der Waals surface area contributed by atoms with E-state index < -0.39 is 0 Å². The summed E-state index contributed by atoms with van der Waals surface area (Å²) in [6.45, 7) is 2.05. The van der Waals surface area contributed by atoms with Gasteiger partial charge in [-0.3, -0.25) is 4.79 Å². The molecule has 1 atom stereocenters. The maximum atomic E-state index is 11.6. The van der Waals surface area contributed by atoms with Gasteiger partial charge in [0.05, 0.1) is 5.52 Å². The van der Waals surface area contributed by atoms with E-state index in [2.05, 4.69) is 15.6 Å². The number of anilines is 1. The summed E-state index contributed by atoms with van der Waals surface area (Å²) in [4.78, 5) is 14.5. The molecule has 2 heterocycles. The fraction of sp³-hybridized carbons (Fsp3) is 0.357. The van der Waals surface area contributed by atoms with Crippen LogP contribution < -0.4 is 16.2 Å². The van der Waals surface area contributed by atoms with Crippen LogP contribution in [0.5, 0.6) is 0 Å². The zero-order chi connectivity index (χ0) is 12.4. The Bertz CT molecular complexity index is 599. The number of piperidine rings is 1. The lowest BCUT2D eigenvalue weighted by molar-refractivity contribution is 0.480. The maximum absolute atomic E-state index is 11.6. The first-order chi connectivity index (χ1) is 8.83. The summed E-state index contributed by atoms with van der Waals surface area (Å²) in [7, 11) is 0. The number of aromatic nitrogens is 1. The summed E-state index contributed by atoms with van der Waals surface area (Å²) in [5.41, 5.74) is 1.76. The van der Waals surface area contributed by atoms with E-state index in [1.807, 2.05) is 24.3 Å². The zero-order valence-electron chi connectivity index (χ0n) is 10.2. The number of benzene rings is 1. The Morgan fingerprint density at radius 1 is 1.28 bits per heavy atom. The van der Waals surface area contributed by atoms with Crippen molar-refractivity contribution < 1.29 is 0 Å². The Kier molecular flexibility index (Phi) is 3.02. The van der Waals surface area contributed by atoms with Crippen molar-refractivity contribution in [3.63, 3.8) is 0 Å². The lowest BCUT2D eigenvalue weighted by Gasteiger charge is -2.25. The standard InChI is InChI=1S/C14H17N3O/c18-14-8-13(16-10-4-3-7-15-9-10)11-5-1-2-6-12(11)17-14/h1-2,5-6,8,10,15H,3-4,7,9H2,(H2,16,17,18). The highest BCUT2D eigenvalue weighted by Gasteiger charge is 2.13. The number of aromatic amines is 1. The normalized spacial score (nSPS) is 19.9. The van der Waals surface area contributed by atoms with Crippen molar-refractivity contribution in [2.45, 2.75) is 18.9 Å². The zero-order valence-corrected chi connectivity index (χ0v) is 10.2. The third-order valence-corrected chi connectivity index (χ3v) is 3.41. The Labute approximate surface area is 105 Å². The molecular formula is C14H17N3O. The highest BCUT2D eigenvalue weighted by atomic mass is 16.1. The van der Waals surface area contributed by atoms with Crippen LogP contribution in [0.15, 0.2) is 35.1 Å². The van der Waals surface area contributed by atoms with E-state index in [-0.39, 0.29) is 5.56 Å². The number of H-pyrrole nitrogens is 1. The van der Waals surface area contributed by atoms with Crippen LogP contribution in [-0.4, -0.2) is 24.1 Å². The lowest BCUT2D eigenvalue weighted by atomic mass is 10.1. The average Bonchev–Trinajstić information content (AvgIpc) is 2.40. The molecule has 4 heteroatoms. The van der Waals surface area contributed by atoms with Gasteiger partial charge in [-0.2, -0.15) is 0 Å². The second-order valence-corrected chi connectivity index (χ2v) is 4.78. The quantitative estimate of drug-likeness (QED) is 0.752. The van der Waals surface area contributed by atoms with Crippen LogP contribution in [0.25, 0.3) is 10.9 Å². The van der Waals surface area contributed by atoms with Crippen molar-refractivity contribution in [3.05, 3.63) is 40.7 Å². The minimum atomic E-state index is -0.0556. The molecule has 18 heavy (non-hydrogen) atoms. The van der Waals surface area contributed by atoms with Crippen LogP contribution in [0.3, 0.4) is 0 Å². The molecule has 1 aromatic heterocycles. The lowest BCUT2D eigenvalue weighted by Crippen LogP contribution is -2.38. The molecule has 4 nitrogen and oxygen atoms in total. The Morgan fingerprint density at radius 3 is 3.00 bits per heavy atom. The molecule has 1 aromatic carbocycles. The second kappa shape index (κ2) is 4.82. The van der Waals surface area contributed by atoms with Gasteiger partial charge in [-0.25, -0.2) is 0 Å². The second-order valence-electron chi connectivity index (χ2n) is 4.78. The monoisotopic (exact) mass is 243 g/mol. The summed E-state index contributed by atoms with van der Waals surface area (Å²) in [6.07, 6.45) is 2.33. The number of rotatable bonds is 2. The first-order valence-electron chi connectivity index (χ1n) is 6.42. The molecule has 1 fully saturated rings. The third kappa shape index (κ3) is 2.24. The first-order valence-corrected chi connectivity index (χ1v) is 6.42. The first kappa shape index (κ1) is 11.3. The Balaban J connectivity index is 1.97. The summed E-state index contributed by atoms with van der Waals surface area (Å²) in [5, 5.41) is 7.92. The summed E-state index contributed by atoms with van der Waals surface area (Å²) in [5.74, 6) is 0. The van der Waals surface area contributed by atoms with Crippen molar-refractivity contribution in [1.29, 1.82) is 0 Å². The van der Waals surface area contributed by atoms with Crippen LogP contribution in [0.2, 0.25) is 0 Å². The van der Waals surface area contributed by atoms with Crippen molar-refractivity contribution in [3.8, 4) is 0 Å². The number of hydrogen-bond donors (Lipinski definition) is 3. The highest BCUT2D eigenvalue weighted by Crippen LogP contribution is 2.21. The van der Waals surface area contributed by atoms with E-state index in [9.17, 15) is 4.79 Å². The van der Waals surface area contributed by atoms with E-state index in [1.165, 1.54) is 6.42 Å². The van der Waals surface area contributed by atoms with Crippen LogP contribution >= 0.6 is 0 Å². The van der Waals surface area contributed by atoms with Crippen LogP contribution in [0.1, 0.15) is 12.8 Å². The molecule has 0 bridgehead atoms. The molecule has 0 aliphatic carbocycles. The predicted octanol–water partition coefficient (Wildman–Crippen LogP) is 1.69. The van der Waals surface area contributed by atoms with E-state index in [4.69, 9.17) is 0 Å². The van der Waals surface area contributed by atoms with Gasteiger partial charge in [0.25, 0.3) is 0 Å². The predicted molar refractivity (Wildman–Crippen MR) is 74.1 cm³/mol. The summed E-state index contributed by atoms with van der Waals surface area (Å²) < 4.78 is 0. The van der Waals surface area contributed by atoms with E-state index >= 15 is 0 Å². The summed E-state index contributed by atoms with van der Waals surface area (Å²) >= 11 is 0. The third-order valence-electron chi connectivity index (χ3n) is 3.41. The van der Waals surface area contributed by atoms with Gasteiger partial charge in [-0.1, -0.05) is 18.2 Å². The molecule has 3 rings (SSSR count). The van der Waals surface area contributed by atoms with Crippen LogP contribution in [-0.2, 0) is 0 Å². The molecule has 0 saturated carbocycles. The Hall–Kier alpha value is -1.81. The molecule has 3 N–H and O–H groups in total. The van der Waals surface area contributed by atoms with E-state index in [0.717, 1.165) is 36.1 Å². The number of para-hydroxylation sites is 1. The van der Waals surface area contributed by atoms with Crippen molar-refractivity contribution in [2.75, 3.05) is 18.4 Å². The molecule has 0 spiro atoms. The number of nitrogens with one attached hydrogen (secondary N) is 3. The van der Waals surface area contributed by atoms with Gasteiger partial charge in [0, 0.05) is 29.7 Å². The summed E-state index contributed by atoms with van der Waals surface area (Å²) in [6, 6.07) is 9.95. The fourth-order valence-electron chi connectivity index (χ4n) is 2.52. The Morgan fingerprint density at radius 2 is 2.17 bits per heavy atom. The van der Waals surface area contributed by atoms with Gasteiger partial charge >= 0.3 is 0 Å². The minimum Gasteiger partial charge on any atom is -0.380 e. The average molecular weight is 243 g/mol. The highest BCUT2D eigenvalue weighted by molar-refractivity contribution is 5.90. The van der Waals surface area contributed by atoms with Crippen molar-refractivity contribution >= 4 is 16.6 Å². The van der Waals surface area contributed by atoms with Gasteiger partial charge in [0.15, 0.2) is 0 Å². The number of pyridine rings is 1. The van der Waals surface area contributed by atoms with Gasteiger partial charge in [0.2, 0.25) is 5.56 Å². The molecule has 0 amide bonds. The van der Waals surface area contributed by atoms with Gasteiger partial charge < -0.3 is 15.6 Å². The van der Waals surface area contributed by atoms with Crippen molar-refractivity contribution in [1.82, 2.24) is 10.3 Å². The minimum absolute atomic E-state index is 0.0556. The van der Waals surface area contributed by atoms with E-state index in [1.54, 1.807) is 6.07 Å². The molecular weight excluding hydrogens is 226 g/mol. The topological polar surface area (TPSA) is 56.9 Å². The van der Waals surface area contributed by atoms with Crippen LogP contribution in [0, 0.1) is 0 Å². The largest absolute Gasteiger partial charge is 0.380 e. The van der Waals surface area contributed by atoms with Gasteiger partial charge in [0.1, 0.15) is 0 Å². The molecule has 1 aliphatic rings. The smallest absolute Gasteiger partial charge is 0.250 e. The van der Waals surface area contributed by atoms with E-state index in [0.29, 0.717) is 6.04 Å². The van der Waals surface area contributed by atoms with Gasteiger partial charge in [-0.05, 0) is 25.5 Å². The fourth-order valence-corrected chi connectivity index (χ4v) is 2.52. The molecule has 0 radical (unpaired) electrons. The maximum Gasteiger partial charge on any atom is 0.250 e. The molecule has 2 aromatic rings. The van der Waals surface area contributed by atoms with Gasteiger partial charge in [-0.15, -0.1) is 0 Å². The number of hydrogen-bond acceptors (Lipinski definition) is 3. The molecule has 1 saturated heterocycles. The molecule has 1 unspecified atom stereocenters. The van der Waals surface area contributed by atoms with Crippen LogP contribution in [0.4, 0.5) is 5.69 Å².